The van der Waals surface area contributed by atoms with Crippen LogP contribution in [0, 0.1) is 17.6 Å². The van der Waals surface area contributed by atoms with Gasteiger partial charge in [0, 0.05) is 17.3 Å². The molecule has 0 saturated heterocycles. The molecule has 2 atom stereocenters. The monoisotopic (exact) mass is 673 g/mol. The van der Waals surface area contributed by atoms with Gasteiger partial charge in [-0.25, -0.2) is 8.78 Å². The highest BCUT2D eigenvalue weighted by Gasteiger charge is 2.67. The van der Waals surface area contributed by atoms with E-state index in [0.717, 1.165) is 24.3 Å². The van der Waals surface area contributed by atoms with E-state index in [4.69, 9.17) is 34.8 Å². The zero-order valence-corrected chi connectivity index (χ0v) is 23.0. The van der Waals surface area contributed by atoms with Crippen molar-refractivity contribution in [3.8, 4) is 0 Å². The lowest BCUT2D eigenvalue weighted by atomic mass is 10.0. The van der Waals surface area contributed by atoms with Crippen LogP contribution in [0.5, 0.6) is 0 Å². The van der Waals surface area contributed by atoms with Gasteiger partial charge in [-0.2, -0.15) is 26.3 Å². The van der Waals surface area contributed by atoms with Crippen molar-refractivity contribution < 1.29 is 49.5 Å². The molecule has 1 aliphatic carbocycles. The third-order valence-corrected chi connectivity index (χ3v) is 7.47. The molecule has 43 heavy (non-hydrogen) atoms. The lowest BCUT2D eigenvalue weighted by Gasteiger charge is -2.12. The van der Waals surface area contributed by atoms with Gasteiger partial charge < -0.3 is 16.0 Å². The topological polar surface area (TPSA) is 87.3 Å². The molecule has 3 N–H and O–H groups in total. The minimum atomic E-state index is -5.23. The summed E-state index contributed by atoms with van der Waals surface area (Å²) in [5.41, 5.74) is -3.04. The molecule has 17 heteroatoms. The largest absolute Gasteiger partial charge is 0.471 e. The molecule has 0 radical (unpaired) electrons. The van der Waals surface area contributed by atoms with Gasteiger partial charge in [0.05, 0.1) is 27.8 Å². The van der Waals surface area contributed by atoms with Crippen molar-refractivity contribution in [3.05, 3.63) is 87.9 Å². The summed E-state index contributed by atoms with van der Waals surface area (Å²) in [4.78, 5) is 36.6. The van der Waals surface area contributed by atoms with E-state index >= 15 is 0 Å². The van der Waals surface area contributed by atoms with Gasteiger partial charge in [-0.3, -0.25) is 14.4 Å². The molecule has 0 aromatic heterocycles. The first-order valence-corrected chi connectivity index (χ1v) is 12.8. The van der Waals surface area contributed by atoms with Crippen molar-refractivity contribution in [3.63, 3.8) is 0 Å². The van der Waals surface area contributed by atoms with Crippen LogP contribution in [0.25, 0.3) is 0 Å². The van der Waals surface area contributed by atoms with Crippen molar-refractivity contribution in [1.82, 2.24) is 0 Å². The van der Waals surface area contributed by atoms with Gasteiger partial charge in [-0.15, -0.1) is 23.2 Å². The predicted octanol–water partition coefficient (Wildman–Crippen LogP) is 7.92. The molecule has 1 saturated carbocycles. The zero-order chi connectivity index (χ0) is 32.1. The maximum absolute atomic E-state index is 14.5. The number of nitrogens with one attached hydrogen (secondary N) is 3. The number of carbonyl (C=O) groups excluding carboxylic acids is 3. The fourth-order valence-corrected chi connectivity index (χ4v) is 5.10. The summed E-state index contributed by atoms with van der Waals surface area (Å²) in [7, 11) is 0. The fourth-order valence-electron chi connectivity index (χ4n) is 4.11. The highest BCUT2D eigenvalue weighted by Crippen LogP contribution is 2.65. The first-order valence-electron chi connectivity index (χ1n) is 11.6. The van der Waals surface area contributed by atoms with Crippen molar-refractivity contribution in [2.45, 2.75) is 22.6 Å². The molecule has 3 aromatic carbocycles. The Morgan fingerprint density at radius 3 is 2.00 bits per heavy atom. The summed E-state index contributed by atoms with van der Waals surface area (Å²) >= 11 is 18.4. The number of anilines is 3. The summed E-state index contributed by atoms with van der Waals surface area (Å²) in [6.07, 6.45) is -10.2. The van der Waals surface area contributed by atoms with E-state index in [1.165, 1.54) is 17.4 Å². The summed E-state index contributed by atoms with van der Waals surface area (Å²) in [6.45, 7) is 0. The second kappa shape index (κ2) is 11.5. The van der Waals surface area contributed by atoms with Crippen LogP contribution in [-0.4, -0.2) is 28.2 Å². The van der Waals surface area contributed by atoms with Crippen LogP contribution in [0.1, 0.15) is 27.4 Å². The molecule has 3 amide bonds. The number of alkyl halides is 8. The molecule has 228 valence electrons. The zero-order valence-electron chi connectivity index (χ0n) is 20.7. The second-order valence-electron chi connectivity index (χ2n) is 9.15. The Morgan fingerprint density at radius 2 is 1.40 bits per heavy atom. The molecular formula is C26H14Cl3F8N3O3. The second-order valence-corrected chi connectivity index (χ2v) is 11.0. The number of rotatable bonds is 6. The molecule has 0 heterocycles. The Balaban J connectivity index is 1.48. The Morgan fingerprint density at radius 1 is 0.767 bits per heavy atom. The molecule has 0 aliphatic heterocycles. The van der Waals surface area contributed by atoms with Crippen molar-refractivity contribution in [2.75, 3.05) is 16.0 Å². The standard InChI is InChI=1S/C26H14Cl3F8N3O3/c27-15-5-3-12(9-18(15)40-21(41)13-4-2-11(8-17(13)31)39-23(43)26(35,36)37)38-22(42)20-19(24(20,28)29)10-1-6-16(30)14(7-10)25(32,33)34/h1-9,19-20H,(H,38,42)(H,39,43)(H,40,41)/t19-,20+/m0/s1. The molecule has 3 aromatic rings. The maximum Gasteiger partial charge on any atom is 0.471 e. The average Bonchev–Trinajstić information content (AvgIpc) is 3.46. The van der Waals surface area contributed by atoms with Crippen molar-refractivity contribution in [2.24, 2.45) is 5.92 Å². The number of benzene rings is 3. The van der Waals surface area contributed by atoms with Gasteiger partial charge in [-0.05, 0) is 54.1 Å². The Labute approximate surface area is 251 Å². The van der Waals surface area contributed by atoms with Crippen molar-refractivity contribution >= 4 is 69.6 Å². The minimum Gasteiger partial charge on any atom is -0.326 e. The van der Waals surface area contributed by atoms with Crippen LogP contribution in [0.3, 0.4) is 0 Å². The fraction of sp³-hybridized carbons (Fsp3) is 0.192. The number of carbonyl (C=O) groups is 3. The van der Waals surface area contributed by atoms with Gasteiger partial charge >= 0.3 is 18.3 Å². The van der Waals surface area contributed by atoms with E-state index < -0.39 is 74.7 Å². The van der Waals surface area contributed by atoms with Crippen LogP contribution >= 0.6 is 34.8 Å². The quantitative estimate of drug-likeness (QED) is 0.184. The lowest BCUT2D eigenvalue weighted by Crippen LogP contribution is -2.30. The van der Waals surface area contributed by atoms with Crippen molar-refractivity contribution in [1.29, 1.82) is 0 Å². The molecule has 0 unspecified atom stereocenters. The van der Waals surface area contributed by atoms with Gasteiger partial charge in [-0.1, -0.05) is 17.7 Å². The number of hydrogen-bond acceptors (Lipinski definition) is 3. The smallest absolute Gasteiger partial charge is 0.326 e. The lowest BCUT2D eigenvalue weighted by molar-refractivity contribution is -0.167. The SMILES string of the molecule is O=C(Nc1cc(NC(=O)[C@H]2[C@H](c3ccc(F)c(C(F)(F)F)c3)C2(Cl)Cl)ccc1Cl)c1ccc(NC(=O)C(F)(F)F)cc1F. The van der Waals surface area contributed by atoms with E-state index in [1.54, 1.807) is 0 Å². The third-order valence-electron chi connectivity index (χ3n) is 6.20. The first kappa shape index (κ1) is 32.3. The summed E-state index contributed by atoms with van der Waals surface area (Å²) in [6, 6.07) is 7.94. The highest BCUT2D eigenvalue weighted by molar-refractivity contribution is 6.53. The Bertz CT molecular complexity index is 1630. The van der Waals surface area contributed by atoms with E-state index in [0.29, 0.717) is 18.2 Å². The summed E-state index contributed by atoms with van der Waals surface area (Å²) in [5, 5.41) is 6.04. The predicted molar refractivity (Wildman–Crippen MR) is 141 cm³/mol. The average molecular weight is 675 g/mol. The molecule has 1 fully saturated rings. The van der Waals surface area contributed by atoms with Gasteiger partial charge in [0.15, 0.2) is 0 Å². The Kier molecular flexibility index (Phi) is 8.61. The highest BCUT2D eigenvalue weighted by atomic mass is 35.5. The normalized spacial score (nSPS) is 17.7. The molecule has 0 spiro atoms. The molecule has 1 aliphatic rings. The van der Waals surface area contributed by atoms with E-state index in [9.17, 15) is 49.5 Å². The molecule has 6 nitrogen and oxygen atoms in total. The van der Waals surface area contributed by atoms with Crippen LogP contribution in [0.15, 0.2) is 54.6 Å². The van der Waals surface area contributed by atoms with E-state index in [-0.39, 0.29) is 22.0 Å². The molecule has 4 rings (SSSR count). The molecular weight excluding hydrogens is 661 g/mol. The van der Waals surface area contributed by atoms with Crippen LogP contribution < -0.4 is 16.0 Å². The summed E-state index contributed by atoms with van der Waals surface area (Å²) in [5.74, 6) is -9.49. The van der Waals surface area contributed by atoms with Gasteiger partial charge in [0.2, 0.25) is 5.91 Å². The van der Waals surface area contributed by atoms with Crippen LogP contribution in [0.4, 0.5) is 52.2 Å². The number of halogens is 11. The van der Waals surface area contributed by atoms with Gasteiger partial charge in [0.1, 0.15) is 16.0 Å². The number of amides is 3. The Hall–Kier alpha value is -3.62. The number of hydrogen-bond donors (Lipinski definition) is 3. The maximum atomic E-state index is 14.5. The third kappa shape index (κ3) is 6.97. The van der Waals surface area contributed by atoms with E-state index in [1.807, 2.05) is 0 Å². The first-order chi connectivity index (χ1) is 19.8. The van der Waals surface area contributed by atoms with Crippen LogP contribution in [0.2, 0.25) is 5.02 Å². The van der Waals surface area contributed by atoms with E-state index in [2.05, 4.69) is 10.6 Å². The van der Waals surface area contributed by atoms with Gasteiger partial charge in [0.25, 0.3) is 5.91 Å². The van der Waals surface area contributed by atoms with Crippen LogP contribution in [-0.2, 0) is 15.8 Å². The minimum absolute atomic E-state index is 0.000234. The molecule has 0 bridgehead atoms. The summed E-state index contributed by atoms with van der Waals surface area (Å²) < 4.78 is 103.